The first-order valence-electron chi connectivity index (χ1n) is 4.66. The highest BCUT2D eigenvalue weighted by atomic mass is 19.4. The Balaban J connectivity index is 2.37. The molecule has 0 atom stereocenters. The quantitative estimate of drug-likeness (QED) is 0.858. The van der Waals surface area contributed by atoms with Crippen LogP contribution in [0.25, 0.3) is 5.95 Å². The fourth-order valence-electron chi connectivity index (χ4n) is 1.20. The van der Waals surface area contributed by atoms with Gasteiger partial charge in [-0.3, -0.25) is 0 Å². The largest absolute Gasteiger partial charge is 0.435 e. The third kappa shape index (κ3) is 2.41. The minimum Gasteiger partial charge on any atom is -0.325 e. The van der Waals surface area contributed by atoms with Crippen molar-refractivity contribution in [3.63, 3.8) is 0 Å². The van der Waals surface area contributed by atoms with Gasteiger partial charge in [-0.25, -0.2) is 14.6 Å². The molecule has 0 amide bonds. The van der Waals surface area contributed by atoms with Gasteiger partial charge in [0.2, 0.25) is 0 Å². The van der Waals surface area contributed by atoms with E-state index in [0.29, 0.717) is 5.69 Å². The van der Waals surface area contributed by atoms with E-state index in [1.807, 2.05) is 0 Å². The van der Waals surface area contributed by atoms with Gasteiger partial charge in [-0.2, -0.15) is 18.3 Å². The fourth-order valence-corrected chi connectivity index (χ4v) is 1.20. The van der Waals surface area contributed by atoms with Crippen LogP contribution in [0.5, 0.6) is 0 Å². The van der Waals surface area contributed by atoms with Gasteiger partial charge < -0.3 is 5.73 Å². The summed E-state index contributed by atoms with van der Waals surface area (Å²) >= 11 is 0. The monoisotopic (exact) mass is 243 g/mol. The summed E-state index contributed by atoms with van der Waals surface area (Å²) < 4.78 is 37.9. The number of halogens is 3. The fraction of sp³-hybridized carbons (Fsp3) is 0.222. The number of rotatable bonds is 2. The van der Waals surface area contributed by atoms with Gasteiger partial charge in [-0.1, -0.05) is 0 Å². The van der Waals surface area contributed by atoms with E-state index in [4.69, 9.17) is 5.73 Å². The molecule has 0 unspecified atom stereocenters. The molecule has 0 bridgehead atoms. The molecule has 2 aromatic heterocycles. The minimum absolute atomic E-state index is 0.0588. The average molecular weight is 243 g/mol. The summed E-state index contributed by atoms with van der Waals surface area (Å²) in [5, 5.41) is 3.35. The van der Waals surface area contributed by atoms with Gasteiger partial charge in [-0.15, -0.1) is 0 Å². The second kappa shape index (κ2) is 4.13. The smallest absolute Gasteiger partial charge is 0.325 e. The highest BCUT2D eigenvalue weighted by Crippen LogP contribution is 2.27. The second-order valence-corrected chi connectivity index (χ2v) is 3.20. The van der Waals surface area contributed by atoms with Crippen LogP contribution in [0, 0.1) is 0 Å². The van der Waals surface area contributed by atoms with E-state index in [0.717, 1.165) is 16.9 Å². The molecule has 0 fully saturated rings. The normalized spacial score (nSPS) is 11.8. The van der Waals surface area contributed by atoms with Crippen LogP contribution in [0.3, 0.4) is 0 Å². The molecule has 0 aliphatic carbocycles. The molecule has 2 rings (SSSR count). The van der Waals surface area contributed by atoms with Crippen molar-refractivity contribution in [2.45, 2.75) is 12.7 Å². The summed E-state index contributed by atoms with van der Waals surface area (Å²) in [4.78, 5) is 7.77. The highest BCUT2D eigenvalue weighted by Gasteiger charge is 2.33. The molecule has 0 saturated heterocycles. The molecule has 0 aromatic carbocycles. The van der Waals surface area contributed by atoms with E-state index in [1.165, 1.54) is 6.20 Å². The SMILES string of the molecule is NCc1ccnc(-n2ccc(C(F)(F)F)n2)n1. The van der Waals surface area contributed by atoms with Gasteiger partial charge >= 0.3 is 6.18 Å². The summed E-state index contributed by atoms with van der Waals surface area (Å²) in [6.45, 7) is 0.183. The number of alkyl halides is 3. The zero-order valence-corrected chi connectivity index (χ0v) is 8.52. The van der Waals surface area contributed by atoms with Crippen LogP contribution in [0.2, 0.25) is 0 Å². The van der Waals surface area contributed by atoms with Crippen LogP contribution in [0.1, 0.15) is 11.4 Å². The summed E-state index contributed by atoms with van der Waals surface area (Å²) in [6.07, 6.45) is -1.91. The van der Waals surface area contributed by atoms with Gasteiger partial charge in [0.05, 0.1) is 5.69 Å². The van der Waals surface area contributed by atoms with Crippen molar-refractivity contribution in [2.24, 2.45) is 5.73 Å². The van der Waals surface area contributed by atoms with Crippen LogP contribution in [0.4, 0.5) is 13.2 Å². The molecule has 2 N–H and O–H groups in total. The molecule has 2 heterocycles. The Labute approximate surface area is 94.1 Å². The molecule has 90 valence electrons. The van der Waals surface area contributed by atoms with Crippen LogP contribution in [0.15, 0.2) is 24.5 Å². The predicted molar refractivity (Wildman–Crippen MR) is 52.0 cm³/mol. The number of hydrogen-bond donors (Lipinski definition) is 1. The molecule has 5 nitrogen and oxygen atoms in total. The van der Waals surface area contributed by atoms with Gasteiger partial charge in [0.15, 0.2) is 5.69 Å². The molecule has 0 radical (unpaired) electrons. The first-order chi connectivity index (χ1) is 8.00. The molecule has 0 aliphatic rings. The van der Waals surface area contributed by atoms with Gasteiger partial charge in [0, 0.05) is 18.9 Å². The number of hydrogen-bond acceptors (Lipinski definition) is 4. The maximum Gasteiger partial charge on any atom is 0.435 e. The number of nitrogens with two attached hydrogens (primary N) is 1. The molecular formula is C9H8F3N5. The first kappa shape index (κ1) is 11.5. The lowest BCUT2D eigenvalue weighted by Gasteiger charge is -2.02. The molecule has 0 saturated carbocycles. The lowest BCUT2D eigenvalue weighted by molar-refractivity contribution is -0.141. The lowest BCUT2D eigenvalue weighted by Crippen LogP contribution is -2.10. The standard InChI is InChI=1S/C9H8F3N5/c10-9(11,12)7-2-4-17(16-7)8-14-3-1-6(5-13)15-8/h1-4H,5,13H2. The van der Waals surface area contributed by atoms with Crippen molar-refractivity contribution in [1.82, 2.24) is 19.7 Å². The Kier molecular flexibility index (Phi) is 2.80. The van der Waals surface area contributed by atoms with Crippen molar-refractivity contribution >= 4 is 0 Å². The highest BCUT2D eigenvalue weighted by molar-refractivity contribution is 5.16. The van der Waals surface area contributed by atoms with E-state index in [1.54, 1.807) is 6.07 Å². The zero-order valence-electron chi connectivity index (χ0n) is 8.52. The van der Waals surface area contributed by atoms with Crippen molar-refractivity contribution in [2.75, 3.05) is 0 Å². The first-order valence-corrected chi connectivity index (χ1v) is 4.66. The van der Waals surface area contributed by atoms with Crippen molar-refractivity contribution in [3.05, 3.63) is 35.9 Å². The zero-order chi connectivity index (χ0) is 12.5. The van der Waals surface area contributed by atoms with E-state index in [-0.39, 0.29) is 12.5 Å². The second-order valence-electron chi connectivity index (χ2n) is 3.20. The topological polar surface area (TPSA) is 69.6 Å². The Bertz CT molecular complexity index is 519. The van der Waals surface area contributed by atoms with E-state index in [2.05, 4.69) is 15.1 Å². The van der Waals surface area contributed by atoms with Crippen molar-refractivity contribution in [1.29, 1.82) is 0 Å². The Morgan fingerprint density at radius 1 is 1.29 bits per heavy atom. The van der Waals surface area contributed by atoms with Crippen molar-refractivity contribution in [3.8, 4) is 5.95 Å². The van der Waals surface area contributed by atoms with Gasteiger partial charge in [0.1, 0.15) is 0 Å². The lowest BCUT2D eigenvalue weighted by atomic mass is 10.4. The van der Waals surface area contributed by atoms with E-state index < -0.39 is 11.9 Å². The molecule has 2 aromatic rings. The molecule has 0 spiro atoms. The van der Waals surface area contributed by atoms with Crippen LogP contribution in [-0.4, -0.2) is 19.7 Å². The van der Waals surface area contributed by atoms with Gasteiger partial charge in [0.25, 0.3) is 5.95 Å². The summed E-state index contributed by atoms with van der Waals surface area (Å²) in [5.74, 6) is 0.0588. The molecule has 17 heavy (non-hydrogen) atoms. The van der Waals surface area contributed by atoms with Crippen molar-refractivity contribution < 1.29 is 13.2 Å². The van der Waals surface area contributed by atoms with E-state index >= 15 is 0 Å². The third-order valence-electron chi connectivity index (χ3n) is 1.99. The molecule has 8 heteroatoms. The Hall–Kier alpha value is -1.96. The van der Waals surface area contributed by atoms with Crippen LogP contribution < -0.4 is 5.73 Å². The van der Waals surface area contributed by atoms with Gasteiger partial charge in [-0.05, 0) is 12.1 Å². The average Bonchev–Trinajstić information content (AvgIpc) is 2.78. The van der Waals surface area contributed by atoms with E-state index in [9.17, 15) is 13.2 Å². The maximum atomic E-state index is 12.3. The molecule has 0 aliphatic heterocycles. The summed E-state index contributed by atoms with van der Waals surface area (Å²) in [7, 11) is 0. The molecular weight excluding hydrogens is 235 g/mol. The third-order valence-corrected chi connectivity index (χ3v) is 1.99. The van der Waals surface area contributed by atoms with Crippen LogP contribution >= 0.6 is 0 Å². The summed E-state index contributed by atoms with van der Waals surface area (Å²) in [6, 6.07) is 2.44. The Morgan fingerprint density at radius 2 is 2.06 bits per heavy atom. The maximum absolute atomic E-state index is 12.3. The predicted octanol–water partition coefficient (Wildman–Crippen LogP) is 1.14. The Morgan fingerprint density at radius 3 is 2.65 bits per heavy atom. The summed E-state index contributed by atoms with van der Waals surface area (Å²) in [5.41, 5.74) is 4.91. The number of aromatic nitrogens is 4. The number of nitrogens with zero attached hydrogens (tertiary/aromatic N) is 4. The minimum atomic E-state index is -4.48. The van der Waals surface area contributed by atoms with Crippen LogP contribution in [-0.2, 0) is 12.7 Å².